The highest BCUT2D eigenvalue weighted by Gasteiger charge is 2.51. The van der Waals surface area contributed by atoms with E-state index in [2.05, 4.69) is 5.32 Å². The second kappa shape index (κ2) is 5.15. The molecule has 0 saturated heterocycles. The highest BCUT2D eigenvalue weighted by atomic mass is 16.4. The molecule has 2 rings (SSSR count). The summed E-state index contributed by atoms with van der Waals surface area (Å²) >= 11 is 0. The Labute approximate surface area is 124 Å². The van der Waals surface area contributed by atoms with Crippen LogP contribution in [0.15, 0.2) is 24.3 Å². The van der Waals surface area contributed by atoms with Crippen molar-refractivity contribution in [3.8, 4) is 0 Å². The first-order valence-electron chi connectivity index (χ1n) is 7.07. The van der Waals surface area contributed by atoms with Crippen molar-refractivity contribution in [2.75, 3.05) is 5.32 Å². The summed E-state index contributed by atoms with van der Waals surface area (Å²) in [5.74, 6) is -1.02. The molecule has 5 nitrogen and oxygen atoms in total. The van der Waals surface area contributed by atoms with Gasteiger partial charge in [0.2, 0.25) is 5.91 Å². The highest BCUT2D eigenvalue weighted by Crippen LogP contribution is 2.48. The summed E-state index contributed by atoms with van der Waals surface area (Å²) in [7, 11) is 0. The molecule has 1 aliphatic carbocycles. The number of aliphatic carboxylic acids is 1. The maximum absolute atomic E-state index is 12.0. The number of amides is 1. The fourth-order valence-electron chi connectivity index (χ4n) is 2.24. The molecule has 0 unspecified atom stereocenters. The van der Waals surface area contributed by atoms with E-state index in [0.29, 0.717) is 18.5 Å². The first-order chi connectivity index (χ1) is 9.67. The second-order valence-corrected chi connectivity index (χ2v) is 6.80. The SMILES string of the molecule is CC(C)(C)[C@@H](N)C(=O)Nc1ccc(C2(C(=O)O)CC2)cc1. The van der Waals surface area contributed by atoms with Gasteiger partial charge in [-0.1, -0.05) is 32.9 Å². The molecule has 1 amide bonds. The smallest absolute Gasteiger partial charge is 0.314 e. The third-order valence-electron chi connectivity index (χ3n) is 4.08. The fraction of sp³-hybridized carbons (Fsp3) is 0.500. The van der Waals surface area contributed by atoms with Crippen LogP contribution in [-0.4, -0.2) is 23.0 Å². The molecular formula is C16H22N2O3. The average Bonchev–Trinajstić information content (AvgIpc) is 3.19. The lowest BCUT2D eigenvalue weighted by atomic mass is 9.87. The van der Waals surface area contributed by atoms with Gasteiger partial charge in [-0.25, -0.2) is 0 Å². The summed E-state index contributed by atoms with van der Waals surface area (Å²) in [6.07, 6.45) is 1.34. The van der Waals surface area contributed by atoms with Crippen LogP contribution >= 0.6 is 0 Å². The van der Waals surface area contributed by atoms with Crippen LogP contribution in [0, 0.1) is 5.41 Å². The Morgan fingerprint density at radius 2 is 1.76 bits per heavy atom. The number of nitrogens with two attached hydrogens (primary N) is 1. The molecule has 1 aromatic rings. The van der Waals surface area contributed by atoms with E-state index in [1.54, 1.807) is 24.3 Å². The Bertz CT molecular complexity index is 554. The average molecular weight is 290 g/mol. The lowest BCUT2D eigenvalue weighted by Crippen LogP contribution is -2.45. The topological polar surface area (TPSA) is 92.4 Å². The van der Waals surface area contributed by atoms with Crippen molar-refractivity contribution in [1.29, 1.82) is 0 Å². The van der Waals surface area contributed by atoms with Crippen molar-refractivity contribution >= 4 is 17.6 Å². The lowest BCUT2D eigenvalue weighted by molar-refractivity contribution is -0.140. The zero-order chi connectivity index (χ0) is 15.8. The minimum atomic E-state index is -0.783. The molecule has 0 spiro atoms. The van der Waals surface area contributed by atoms with Crippen molar-refractivity contribution in [1.82, 2.24) is 0 Å². The van der Waals surface area contributed by atoms with Crippen LogP contribution in [0.1, 0.15) is 39.2 Å². The van der Waals surface area contributed by atoms with Crippen LogP contribution < -0.4 is 11.1 Å². The van der Waals surface area contributed by atoms with E-state index in [1.165, 1.54) is 0 Å². The van der Waals surface area contributed by atoms with E-state index in [9.17, 15) is 14.7 Å². The van der Waals surface area contributed by atoms with Gasteiger partial charge in [0.15, 0.2) is 0 Å². The molecule has 5 heteroatoms. The van der Waals surface area contributed by atoms with Gasteiger partial charge in [-0.05, 0) is 36.0 Å². The lowest BCUT2D eigenvalue weighted by Gasteiger charge is -2.25. The molecule has 0 radical (unpaired) electrons. The van der Waals surface area contributed by atoms with Crippen LogP contribution in [-0.2, 0) is 15.0 Å². The van der Waals surface area contributed by atoms with Crippen LogP contribution in [0.5, 0.6) is 0 Å². The van der Waals surface area contributed by atoms with E-state index in [-0.39, 0.29) is 11.3 Å². The molecule has 114 valence electrons. The monoisotopic (exact) mass is 290 g/mol. The molecule has 0 aliphatic heterocycles. The molecule has 0 bridgehead atoms. The van der Waals surface area contributed by atoms with E-state index in [1.807, 2.05) is 20.8 Å². The Kier molecular flexibility index (Phi) is 3.80. The predicted molar refractivity (Wildman–Crippen MR) is 81.0 cm³/mol. The maximum Gasteiger partial charge on any atom is 0.314 e. The summed E-state index contributed by atoms with van der Waals surface area (Å²) in [6, 6.07) is 6.38. The van der Waals surface area contributed by atoms with Gasteiger partial charge in [-0.2, -0.15) is 0 Å². The largest absolute Gasteiger partial charge is 0.481 e. The zero-order valence-corrected chi connectivity index (χ0v) is 12.6. The summed E-state index contributed by atoms with van der Waals surface area (Å²) in [5, 5.41) is 12.0. The Balaban J connectivity index is 2.07. The van der Waals surface area contributed by atoms with Crippen LogP contribution in [0.2, 0.25) is 0 Å². The normalized spacial score (nSPS) is 17.9. The molecule has 0 aromatic heterocycles. The van der Waals surface area contributed by atoms with Gasteiger partial charge >= 0.3 is 5.97 Å². The minimum absolute atomic E-state index is 0.241. The third-order valence-corrected chi connectivity index (χ3v) is 4.08. The predicted octanol–water partition coefficient (Wildman–Crippen LogP) is 2.11. The first kappa shape index (κ1) is 15.5. The van der Waals surface area contributed by atoms with Crippen molar-refractivity contribution in [3.63, 3.8) is 0 Å². The zero-order valence-electron chi connectivity index (χ0n) is 12.6. The minimum Gasteiger partial charge on any atom is -0.481 e. The number of rotatable bonds is 4. The second-order valence-electron chi connectivity index (χ2n) is 6.80. The molecule has 1 fully saturated rings. The van der Waals surface area contributed by atoms with Crippen molar-refractivity contribution in [2.45, 2.75) is 45.1 Å². The van der Waals surface area contributed by atoms with Gasteiger partial charge in [0.05, 0.1) is 11.5 Å². The standard InChI is InChI=1S/C16H22N2O3/c1-15(2,3)12(17)13(19)18-11-6-4-10(5-7-11)16(8-9-16)14(20)21/h4-7,12H,8-9,17H2,1-3H3,(H,18,19)(H,20,21)/t12-/m0/s1. The van der Waals surface area contributed by atoms with E-state index in [0.717, 1.165) is 5.56 Å². The maximum atomic E-state index is 12.0. The molecular weight excluding hydrogens is 268 g/mol. The summed E-state index contributed by atoms with van der Waals surface area (Å²) in [6.45, 7) is 5.72. The first-order valence-corrected chi connectivity index (χ1v) is 7.07. The Hall–Kier alpha value is -1.88. The number of carbonyl (C=O) groups excluding carboxylic acids is 1. The van der Waals surface area contributed by atoms with Crippen molar-refractivity contribution in [3.05, 3.63) is 29.8 Å². The van der Waals surface area contributed by atoms with Crippen LogP contribution in [0.4, 0.5) is 5.69 Å². The van der Waals surface area contributed by atoms with Gasteiger partial charge < -0.3 is 16.2 Å². The molecule has 1 saturated carbocycles. The molecule has 21 heavy (non-hydrogen) atoms. The van der Waals surface area contributed by atoms with Gasteiger partial charge in [-0.15, -0.1) is 0 Å². The number of hydrogen-bond acceptors (Lipinski definition) is 3. The van der Waals surface area contributed by atoms with Gasteiger partial charge in [0.25, 0.3) is 0 Å². The summed E-state index contributed by atoms with van der Waals surface area (Å²) < 4.78 is 0. The highest BCUT2D eigenvalue weighted by molar-refractivity contribution is 5.95. The number of nitrogens with one attached hydrogen (secondary N) is 1. The molecule has 4 N–H and O–H groups in total. The summed E-state index contributed by atoms with van der Waals surface area (Å²) in [5.41, 5.74) is 6.28. The number of carbonyl (C=O) groups is 2. The van der Waals surface area contributed by atoms with Gasteiger partial charge in [0.1, 0.15) is 0 Å². The van der Waals surface area contributed by atoms with E-state index < -0.39 is 17.4 Å². The number of hydrogen-bond donors (Lipinski definition) is 3. The number of anilines is 1. The fourth-order valence-corrected chi connectivity index (χ4v) is 2.24. The molecule has 1 aromatic carbocycles. The third kappa shape index (κ3) is 3.08. The van der Waals surface area contributed by atoms with Gasteiger partial charge in [0, 0.05) is 5.69 Å². The van der Waals surface area contributed by atoms with Crippen LogP contribution in [0.25, 0.3) is 0 Å². The van der Waals surface area contributed by atoms with Crippen molar-refractivity contribution in [2.24, 2.45) is 11.1 Å². The molecule has 1 atom stereocenters. The number of benzene rings is 1. The van der Waals surface area contributed by atoms with E-state index in [4.69, 9.17) is 5.73 Å². The Morgan fingerprint density at radius 1 is 1.24 bits per heavy atom. The van der Waals surface area contributed by atoms with E-state index >= 15 is 0 Å². The number of carboxylic acid groups (broad SMARTS) is 1. The van der Waals surface area contributed by atoms with Gasteiger partial charge in [-0.3, -0.25) is 9.59 Å². The number of carboxylic acids is 1. The Morgan fingerprint density at radius 3 is 2.14 bits per heavy atom. The van der Waals surface area contributed by atoms with Crippen LogP contribution in [0.3, 0.4) is 0 Å². The molecule has 1 aliphatic rings. The molecule has 0 heterocycles. The quantitative estimate of drug-likeness (QED) is 0.792. The van der Waals surface area contributed by atoms with Crippen molar-refractivity contribution < 1.29 is 14.7 Å². The summed E-state index contributed by atoms with van der Waals surface area (Å²) in [4.78, 5) is 23.3.